The average molecular weight is 363 g/mol. The van der Waals surface area contributed by atoms with E-state index in [4.69, 9.17) is 0 Å². The molecule has 0 bridgehead atoms. The second kappa shape index (κ2) is 8.16. The zero-order valence-electron chi connectivity index (χ0n) is 14.7. The molecule has 0 saturated carbocycles. The maximum Gasteiger partial charge on any atom is 0.217 e. The van der Waals surface area contributed by atoms with Crippen LogP contribution >= 0.6 is 7.14 Å². The van der Waals surface area contributed by atoms with Gasteiger partial charge in [0.15, 0.2) is 0 Å². The Morgan fingerprint density at radius 3 is 1.65 bits per heavy atom. The Labute approximate surface area is 154 Å². The van der Waals surface area contributed by atoms with Gasteiger partial charge in [0.1, 0.15) is 7.14 Å². The lowest BCUT2D eigenvalue weighted by Crippen LogP contribution is -2.32. The lowest BCUT2D eigenvalue weighted by atomic mass is 10.1. The Balaban J connectivity index is 2.07. The van der Waals surface area contributed by atoms with Crippen molar-refractivity contribution < 1.29 is 9.36 Å². The Morgan fingerprint density at radius 2 is 1.23 bits per heavy atom. The first-order valence-corrected chi connectivity index (χ1v) is 10.5. The highest BCUT2D eigenvalue weighted by molar-refractivity contribution is 7.78. The molecule has 0 fully saturated rings. The summed E-state index contributed by atoms with van der Waals surface area (Å²) in [5.41, 5.74) is 0.954. The van der Waals surface area contributed by atoms with Gasteiger partial charge in [0.05, 0.1) is 6.04 Å². The van der Waals surface area contributed by atoms with Gasteiger partial charge in [0.25, 0.3) is 0 Å². The van der Waals surface area contributed by atoms with Gasteiger partial charge < -0.3 is 9.88 Å². The summed E-state index contributed by atoms with van der Waals surface area (Å²) in [6.07, 6.45) is 0.338. The molecule has 4 heteroatoms. The number of hydrogen-bond acceptors (Lipinski definition) is 2. The Morgan fingerprint density at radius 1 is 0.808 bits per heavy atom. The van der Waals surface area contributed by atoms with Crippen LogP contribution in [0.25, 0.3) is 0 Å². The predicted molar refractivity (Wildman–Crippen MR) is 108 cm³/mol. The van der Waals surface area contributed by atoms with Crippen LogP contribution in [0, 0.1) is 0 Å². The summed E-state index contributed by atoms with van der Waals surface area (Å²) in [7, 11) is -2.92. The molecule has 0 aromatic heterocycles. The second-order valence-corrected chi connectivity index (χ2v) is 9.13. The number of nitrogens with one attached hydrogen (secondary N) is 1. The van der Waals surface area contributed by atoms with Crippen LogP contribution in [0.3, 0.4) is 0 Å². The summed E-state index contributed by atoms with van der Waals surface area (Å²) >= 11 is 0. The molecule has 3 aromatic rings. The molecular formula is C22H22NO2P. The molecule has 0 aliphatic carbocycles. The molecule has 0 saturated heterocycles. The largest absolute Gasteiger partial charge is 0.349 e. The molecule has 0 spiro atoms. The van der Waals surface area contributed by atoms with Crippen molar-refractivity contribution in [2.45, 2.75) is 13.0 Å². The lowest BCUT2D eigenvalue weighted by molar-refractivity contribution is -0.119. The number of carbonyl (C=O) groups excluding carboxylic acids is 1. The SMILES string of the molecule is CC(=O)NC(CP(=O)(c1ccccc1)c1ccccc1)c1ccccc1. The Bertz CT molecular complexity index is 852. The molecule has 26 heavy (non-hydrogen) atoms. The summed E-state index contributed by atoms with van der Waals surface area (Å²) in [5.74, 6) is -0.133. The molecule has 1 amide bonds. The first-order valence-electron chi connectivity index (χ1n) is 8.62. The maximum atomic E-state index is 14.2. The van der Waals surface area contributed by atoms with E-state index in [-0.39, 0.29) is 11.9 Å². The average Bonchev–Trinajstić information content (AvgIpc) is 2.69. The van der Waals surface area contributed by atoms with E-state index in [0.717, 1.165) is 16.2 Å². The minimum atomic E-state index is -2.92. The second-order valence-electron chi connectivity index (χ2n) is 6.26. The predicted octanol–water partition coefficient (Wildman–Crippen LogP) is 3.88. The summed E-state index contributed by atoms with van der Waals surface area (Å²) in [5, 5.41) is 4.59. The Kier molecular flexibility index (Phi) is 5.70. The standard InChI is InChI=1S/C22H22NO2P/c1-18(24)23-22(19-11-5-2-6-12-19)17-26(25,20-13-7-3-8-14-20)21-15-9-4-10-16-21/h2-16,22H,17H2,1H3,(H,23,24). The third kappa shape index (κ3) is 4.12. The zero-order valence-corrected chi connectivity index (χ0v) is 15.6. The van der Waals surface area contributed by atoms with Crippen LogP contribution < -0.4 is 15.9 Å². The van der Waals surface area contributed by atoms with Crippen LogP contribution in [-0.4, -0.2) is 12.1 Å². The van der Waals surface area contributed by atoms with E-state index in [0.29, 0.717) is 6.16 Å². The van der Waals surface area contributed by atoms with Crippen LogP contribution in [-0.2, 0) is 9.36 Å². The number of carbonyl (C=O) groups is 1. The van der Waals surface area contributed by atoms with Crippen LogP contribution in [0.2, 0.25) is 0 Å². The molecule has 0 heterocycles. The van der Waals surface area contributed by atoms with E-state index in [2.05, 4.69) is 5.32 Å². The van der Waals surface area contributed by atoms with Crippen LogP contribution in [0.4, 0.5) is 0 Å². The third-order valence-corrected chi connectivity index (χ3v) is 7.51. The lowest BCUT2D eigenvalue weighted by Gasteiger charge is -2.26. The van der Waals surface area contributed by atoms with Gasteiger partial charge in [-0.25, -0.2) is 0 Å². The van der Waals surface area contributed by atoms with Gasteiger partial charge in [-0.3, -0.25) is 4.79 Å². The highest BCUT2D eigenvalue weighted by Gasteiger charge is 2.31. The number of hydrogen-bond donors (Lipinski definition) is 1. The van der Waals surface area contributed by atoms with Crippen molar-refractivity contribution in [3.8, 4) is 0 Å². The molecule has 0 radical (unpaired) electrons. The van der Waals surface area contributed by atoms with Crippen molar-refractivity contribution in [2.24, 2.45) is 0 Å². The smallest absolute Gasteiger partial charge is 0.217 e. The van der Waals surface area contributed by atoms with Gasteiger partial charge >= 0.3 is 0 Å². The molecule has 1 unspecified atom stereocenters. The van der Waals surface area contributed by atoms with E-state index in [1.54, 1.807) is 0 Å². The van der Waals surface area contributed by atoms with Crippen LogP contribution in [0.5, 0.6) is 0 Å². The summed E-state index contributed by atoms with van der Waals surface area (Å²) in [6.45, 7) is 1.49. The van der Waals surface area contributed by atoms with Crippen molar-refractivity contribution in [1.82, 2.24) is 5.32 Å². The highest BCUT2D eigenvalue weighted by Crippen LogP contribution is 2.46. The fourth-order valence-electron chi connectivity index (χ4n) is 3.12. The monoisotopic (exact) mass is 363 g/mol. The van der Waals surface area contributed by atoms with Crippen LogP contribution in [0.1, 0.15) is 18.5 Å². The summed E-state index contributed by atoms with van der Waals surface area (Å²) in [4.78, 5) is 11.8. The zero-order chi connectivity index (χ0) is 18.4. The maximum absolute atomic E-state index is 14.2. The van der Waals surface area contributed by atoms with Gasteiger partial charge in [0.2, 0.25) is 5.91 Å². The molecule has 0 aliphatic rings. The fourth-order valence-corrected chi connectivity index (χ4v) is 5.96. The molecule has 132 valence electrons. The van der Waals surface area contributed by atoms with Crippen molar-refractivity contribution in [2.75, 3.05) is 6.16 Å². The summed E-state index contributed by atoms with van der Waals surface area (Å²) < 4.78 is 14.2. The van der Waals surface area contributed by atoms with Gasteiger partial charge in [-0.1, -0.05) is 91.0 Å². The first kappa shape index (κ1) is 18.2. The number of amides is 1. The first-order chi connectivity index (χ1) is 12.6. The molecule has 1 N–H and O–H groups in total. The minimum Gasteiger partial charge on any atom is -0.349 e. The molecule has 3 nitrogen and oxygen atoms in total. The van der Waals surface area contributed by atoms with Gasteiger partial charge in [-0.2, -0.15) is 0 Å². The molecular weight excluding hydrogens is 341 g/mol. The van der Waals surface area contributed by atoms with Crippen LogP contribution in [0.15, 0.2) is 91.0 Å². The normalized spacial score (nSPS) is 12.3. The van der Waals surface area contributed by atoms with Gasteiger partial charge in [-0.15, -0.1) is 0 Å². The molecule has 1 atom stereocenters. The fraction of sp³-hybridized carbons (Fsp3) is 0.136. The van der Waals surface area contributed by atoms with Crippen molar-refractivity contribution >= 4 is 23.7 Å². The molecule has 0 aliphatic heterocycles. The Hall–Kier alpha value is -2.64. The van der Waals surface area contributed by atoms with Gasteiger partial charge in [-0.05, 0) is 5.56 Å². The minimum absolute atomic E-state index is 0.133. The van der Waals surface area contributed by atoms with E-state index < -0.39 is 7.14 Å². The molecule has 3 rings (SSSR count). The third-order valence-electron chi connectivity index (χ3n) is 4.37. The number of benzene rings is 3. The van der Waals surface area contributed by atoms with E-state index >= 15 is 0 Å². The van der Waals surface area contributed by atoms with Crippen molar-refractivity contribution in [3.05, 3.63) is 96.6 Å². The van der Waals surface area contributed by atoms with Crippen molar-refractivity contribution in [1.29, 1.82) is 0 Å². The van der Waals surface area contributed by atoms with E-state index in [9.17, 15) is 9.36 Å². The quantitative estimate of drug-likeness (QED) is 0.676. The highest BCUT2D eigenvalue weighted by atomic mass is 31.2. The summed E-state index contributed by atoms with van der Waals surface area (Å²) in [6, 6.07) is 28.5. The van der Waals surface area contributed by atoms with E-state index in [1.807, 2.05) is 91.0 Å². The molecule has 3 aromatic carbocycles. The topological polar surface area (TPSA) is 46.2 Å². The van der Waals surface area contributed by atoms with E-state index in [1.165, 1.54) is 6.92 Å². The van der Waals surface area contributed by atoms with Gasteiger partial charge in [0, 0.05) is 23.7 Å². The van der Waals surface area contributed by atoms with Crippen molar-refractivity contribution in [3.63, 3.8) is 0 Å². The number of rotatable bonds is 6.